The summed E-state index contributed by atoms with van der Waals surface area (Å²) in [6.07, 6.45) is 3.63. The smallest absolute Gasteiger partial charge is 0.274 e. The van der Waals surface area contributed by atoms with E-state index in [1.807, 2.05) is 29.1 Å². The summed E-state index contributed by atoms with van der Waals surface area (Å²) < 4.78 is 1.82. The highest BCUT2D eigenvalue weighted by molar-refractivity contribution is 5.93. The molecule has 0 spiro atoms. The molecule has 1 heterocycles. The molecule has 2 rings (SSSR count). The monoisotopic (exact) mass is 231 g/mol. The van der Waals surface area contributed by atoms with E-state index in [1.54, 1.807) is 18.3 Å². The molecule has 17 heavy (non-hydrogen) atoms. The van der Waals surface area contributed by atoms with E-state index in [4.69, 9.17) is 0 Å². The van der Waals surface area contributed by atoms with Crippen molar-refractivity contribution in [2.45, 2.75) is 6.54 Å². The highest BCUT2D eigenvalue weighted by Crippen LogP contribution is 2.06. The summed E-state index contributed by atoms with van der Waals surface area (Å²) in [4.78, 5) is 16.0. The molecule has 1 aromatic carbocycles. The number of rotatable bonds is 4. The summed E-state index contributed by atoms with van der Waals surface area (Å²) in [5.41, 5.74) is 3.92. The molecule has 5 heteroatoms. The molecule has 0 fully saturated rings. The largest absolute Gasteiger partial charge is 0.277 e. The van der Waals surface area contributed by atoms with Crippen LogP contribution in [-0.4, -0.2) is 22.8 Å². The Balaban J connectivity index is 2.05. The highest BCUT2D eigenvalue weighted by atomic mass is 16.6. The summed E-state index contributed by atoms with van der Waals surface area (Å²) in [6, 6.07) is 9.18. The SMILES string of the molecule is CONC(=O)c1ccc(Cn2cccn2)cc1. The molecular weight excluding hydrogens is 218 g/mol. The quantitative estimate of drug-likeness (QED) is 0.805. The molecule has 1 amide bonds. The molecule has 2 aromatic rings. The number of amides is 1. The van der Waals surface area contributed by atoms with Crippen molar-refractivity contribution in [3.63, 3.8) is 0 Å². The maximum atomic E-state index is 11.4. The van der Waals surface area contributed by atoms with E-state index in [9.17, 15) is 4.79 Å². The van der Waals surface area contributed by atoms with Gasteiger partial charge in [-0.2, -0.15) is 5.10 Å². The predicted molar refractivity (Wildman–Crippen MR) is 62.2 cm³/mol. The Morgan fingerprint density at radius 2 is 2.18 bits per heavy atom. The van der Waals surface area contributed by atoms with Crippen molar-refractivity contribution in [3.05, 3.63) is 53.9 Å². The second-order valence-corrected chi connectivity index (χ2v) is 3.54. The molecule has 0 radical (unpaired) electrons. The van der Waals surface area contributed by atoms with E-state index in [1.165, 1.54) is 7.11 Å². The molecule has 0 unspecified atom stereocenters. The molecule has 1 aromatic heterocycles. The number of hydroxylamine groups is 1. The molecule has 0 aliphatic heterocycles. The average Bonchev–Trinajstić information content (AvgIpc) is 2.83. The van der Waals surface area contributed by atoms with Gasteiger partial charge in [-0.05, 0) is 23.8 Å². The Labute approximate surface area is 99.0 Å². The molecule has 0 atom stereocenters. The Morgan fingerprint density at radius 3 is 2.76 bits per heavy atom. The summed E-state index contributed by atoms with van der Waals surface area (Å²) >= 11 is 0. The lowest BCUT2D eigenvalue weighted by Gasteiger charge is -2.04. The van der Waals surface area contributed by atoms with Crippen LogP contribution in [0.2, 0.25) is 0 Å². The molecule has 0 aliphatic rings. The van der Waals surface area contributed by atoms with Crippen LogP contribution < -0.4 is 5.48 Å². The van der Waals surface area contributed by atoms with Crippen LogP contribution in [-0.2, 0) is 11.4 Å². The van der Waals surface area contributed by atoms with E-state index < -0.39 is 0 Å². The number of hydrogen-bond acceptors (Lipinski definition) is 3. The zero-order valence-electron chi connectivity index (χ0n) is 9.46. The fourth-order valence-corrected chi connectivity index (χ4v) is 1.49. The standard InChI is InChI=1S/C12H13N3O2/c1-17-14-12(16)11-5-3-10(4-6-11)9-15-8-2-7-13-15/h2-8H,9H2,1H3,(H,14,16). The molecule has 1 N–H and O–H groups in total. The van der Waals surface area contributed by atoms with Gasteiger partial charge in [-0.3, -0.25) is 14.3 Å². The number of hydrogen-bond donors (Lipinski definition) is 1. The maximum Gasteiger partial charge on any atom is 0.274 e. The first-order valence-electron chi connectivity index (χ1n) is 5.19. The minimum atomic E-state index is -0.252. The third-order valence-electron chi connectivity index (χ3n) is 2.31. The van der Waals surface area contributed by atoms with Gasteiger partial charge in [0.25, 0.3) is 5.91 Å². The second kappa shape index (κ2) is 5.27. The van der Waals surface area contributed by atoms with Gasteiger partial charge in [0, 0.05) is 18.0 Å². The van der Waals surface area contributed by atoms with E-state index in [0.29, 0.717) is 12.1 Å². The van der Waals surface area contributed by atoms with Crippen molar-refractivity contribution in [2.24, 2.45) is 0 Å². The lowest BCUT2D eigenvalue weighted by atomic mass is 10.1. The molecular formula is C12H13N3O2. The number of nitrogens with zero attached hydrogens (tertiary/aromatic N) is 2. The van der Waals surface area contributed by atoms with E-state index in [0.717, 1.165) is 5.56 Å². The third kappa shape index (κ3) is 2.92. The molecule has 0 bridgehead atoms. The Bertz CT molecular complexity index is 477. The van der Waals surface area contributed by atoms with Crippen LogP contribution in [0.15, 0.2) is 42.7 Å². The lowest BCUT2D eigenvalue weighted by Crippen LogP contribution is -2.21. The number of carbonyl (C=O) groups is 1. The van der Waals surface area contributed by atoms with E-state index >= 15 is 0 Å². The number of nitrogens with one attached hydrogen (secondary N) is 1. The van der Waals surface area contributed by atoms with Crippen LogP contribution in [0.5, 0.6) is 0 Å². The maximum absolute atomic E-state index is 11.4. The van der Waals surface area contributed by atoms with Gasteiger partial charge in [0.1, 0.15) is 0 Å². The molecule has 88 valence electrons. The van der Waals surface area contributed by atoms with Crippen LogP contribution in [0.1, 0.15) is 15.9 Å². The fourth-order valence-electron chi connectivity index (χ4n) is 1.49. The van der Waals surface area contributed by atoms with Crippen molar-refractivity contribution in [2.75, 3.05) is 7.11 Å². The van der Waals surface area contributed by atoms with Crippen LogP contribution in [0.3, 0.4) is 0 Å². The van der Waals surface area contributed by atoms with Gasteiger partial charge in [-0.1, -0.05) is 12.1 Å². The van der Waals surface area contributed by atoms with Gasteiger partial charge in [0.15, 0.2) is 0 Å². The molecule has 0 aliphatic carbocycles. The first-order valence-corrected chi connectivity index (χ1v) is 5.19. The zero-order valence-corrected chi connectivity index (χ0v) is 9.46. The van der Waals surface area contributed by atoms with Gasteiger partial charge in [-0.25, -0.2) is 5.48 Å². The zero-order chi connectivity index (χ0) is 12.1. The van der Waals surface area contributed by atoms with Crippen LogP contribution in [0.25, 0.3) is 0 Å². The van der Waals surface area contributed by atoms with Gasteiger partial charge in [0.05, 0.1) is 13.7 Å². The van der Waals surface area contributed by atoms with Gasteiger partial charge >= 0.3 is 0 Å². The van der Waals surface area contributed by atoms with Gasteiger partial charge in [-0.15, -0.1) is 0 Å². The normalized spacial score (nSPS) is 10.2. The van der Waals surface area contributed by atoms with Crippen molar-refractivity contribution < 1.29 is 9.63 Å². The number of aromatic nitrogens is 2. The molecule has 0 saturated heterocycles. The first-order chi connectivity index (χ1) is 8.29. The average molecular weight is 231 g/mol. The van der Waals surface area contributed by atoms with Gasteiger partial charge in [0.2, 0.25) is 0 Å². The van der Waals surface area contributed by atoms with Crippen LogP contribution in [0, 0.1) is 0 Å². The topological polar surface area (TPSA) is 56.1 Å². The summed E-state index contributed by atoms with van der Waals surface area (Å²) in [5.74, 6) is -0.252. The number of carbonyl (C=O) groups excluding carboxylic acids is 1. The Hall–Kier alpha value is -2.14. The minimum Gasteiger partial charge on any atom is -0.277 e. The van der Waals surface area contributed by atoms with E-state index in [2.05, 4.69) is 15.4 Å². The summed E-state index contributed by atoms with van der Waals surface area (Å²) in [7, 11) is 1.41. The van der Waals surface area contributed by atoms with Crippen LogP contribution >= 0.6 is 0 Å². The molecule has 0 saturated carbocycles. The minimum absolute atomic E-state index is 0.252. The fraction of sp³-hybridized carbons (Fsp3) is 0.167. The van der Waals surface area contributed by atoms with E-state index in [-0.39, 0.29) is 5.91 Å². The third-order valence-corrected chi connectivity index (χ3v) is 2.31. The van der Waals surface area contributed by atoms with Crippen molar-refractivity contribution in [1.29, 1.82) is 0 Å². The van der Waals surface area contributed by atoms with Gasteiger partial charge < -0.3 is 0 Å². The van der Waals surface area contributed by atoms with Crippen molar-refractivity contribution in [1.82, 2.24) is 15.3 Å². The molecule has 5 nitrogen and oxygen atoms in total. The van der Waals surface area contributed by atoms with Crippen LogP contribution in [0.4, 0.5) is 0 Å². The highest BCUT2D eigenvalue weighted by Gasteiger charge is 2.04. The summed E-state index contributed by atoms with van der Waals surface area (Å²) in [6.45, 7) is 0.694. The van der Waals surface area contributed by atoms with Crippen molar-refractivity contribution in [3.8, 4) is 0 Å². The first kappa shape index (κ1) is 11.3. The Kier molecular flexibility index (Phi) is 3.52. The number of benzene rings is 1. The predicted octanol–water partition coefficient (Wildman–Crippen LogP) is 1.22. The second-order valence-electron chi connectivity index (χ2n) is 3.54. The van der Waals surface area contributed by atoms with Crippen molar-refractivity contribution >= 4 is 5.91 Å². The summed E-state index contributed by atoms with van der Waals surface area (Å²) in [5, 5.41) is 4.12. The Morgan fingerprint density at radius 1 is 1.41 bits per heavy atom. The lowest BCUT2D eigenvalue weighted by molar-refractivity contribution is 0.0537.